The van der Waals surface area contributed by atoms with E-state index in [-0.39, 0.29) is 12.5 Å². The van der Waals surface area contributed by atoms with Gasteiger partial charge in [0.25, 0.3) is 0 Å². The summed E-state index contributed by atoms with van der Waals surface area (Å²) in [5, 5.41) is 9.77. The molecule has 0 aliphatic rings. The second kappa shape index (κ2) is 7.74. The summed E-state index contributed by atoms with van der Waals surface area (Å²) in [5.41, 5.74) is 0.984. The average molecular weight is 320 g/mol. The lowest BCUT2D eigenvalue weighted by atomic mass is 10.2. The molecule has 1 heterocycles. The fraction of sp³-hybridized carbons (Fsp3) is 0.400. The number of benzene rings is 1. The molecule has 0 spiro atoms. The molecular weight excluding hydrogens is 300 g/mol. The SMILES string of the molecule is CCCc1n[nH]c(=S)n1CC(=O)NCc1cccc(OC)c1. The van der Waals surface area contributed by atoms with Gasteiger partial charge in [-0.1, -0.05) is 19.1 Å². The zero-order valence-corrected chi connectivity index (χ0v) is 13.6. The van der Waals surface area contributed by atoms with E-state index in [4.69, 9.17) is 17.0 Å². The van der Waals surface area contributed by atoms with Gasteiger partial charge in [-0.3, -0.25) is 14.5 Å². The van der Waals surface area contributed by atoms with E-state index < -0.39 is 0 Å². The number of aromatic amines is 1. The van der Waals surface area contributed by atoms with Crippen LogP contribution in [0.15, 0.2) is 24.3 Å². The van der Waals surface area contributed by atoms with Gasteiger partial charge in [-0.25, -0.2) is 0 Å². The Labute approximate surface area is 134 Å². The van der Waals surface area contributed by atoms with Crippen LogP contribution in [0, 0.1) is 4.77 Å². The molecule has 0 unspecified atom stereocenters. The van der Waals surface area contributed by atoms with Gasteiger partial charge >= 0.3 is 0 Å². The van der Waals surface area contributed by atoms with Crippen molar-refractivity contribution in [3.8, 4) is 5.75 Å². The van der Waals surface area contributed by atoms with Crippen molar-refractivity contribution >= 4 is 18.1 Å². The summed E-state index contributed by atoms with van der Waals surface area (Å²) in [6, 6.07) is 7.60. The Morgan fingerprint density at radius 3 is 3.05 bits per heavy atom. The first-order valence-electron chi connectivity index (χ1n) is 7.17. The Bertz CT molecular complexity index is 693. The van der Waals surface area contributed by atoms with E-state index in [2.05, 4.69) is 22.4 Å². The van der Waals surface area contributed by atoms with Crippen molar-refractivity contribution in [2.45, 2.75) is 32.9 Å². The number of nitrogens with one attached hydrogen (secondary N) is 2. The monoisotopic (exact) mass is 320 g/mol. The summed E-state index contributed by atoms with van der Waals surface area (Å²) < 4.78 is 7.37. The number of hydrogen-bond acceptors (Lipinski definition) is 4. The molecule has 0 radical (unpaired) electrons. The van der Waals surface area contributed by atoms with Gasteiger partial charge in [0.15, 0.2) is 4.77 Å². The molecule has 0 atom stereocenters. The van der Waals surface area contributed by atoms with E-state index in [1.54, 1.807) is 11.7 Å². The van der Waals surface area contributed by atoms with Gasteiger partial charge < -0.3 is 10.1 Å². The van der Waals surface area contributed by atoms with E-state index in [9.17, 15) is 4.79 Å². The Balaban J connectivity index is 1.95. The van der Waals surface area contributed by atoms with Crippen LogP contribution in [0.2, 0.25) is 0 Å². The van der Waals surface area contributed by atoms with Crippen LogP contribution >= 0.6 is 12.2 Å². The van der Waals surface area contributed by atoms with Crippen molar-refractivity contribution in [3.63, 3.8) is 0 Å². The van der Waals surface area contributed by atoms with Crippen LogP contribution in [0.5, 0.6) is 5.75 Å². The minimum atomic E-state index is -0.0994. The normalized spacial score (nSPS) is 10.5. The highest BCUT2D eigenvalue weighted by molar-refractivity contribution is 7.71. The number of aromatic nitrogens is 3. The van der Waals surface area contributed by atoms with Gasteiger partial charge in [0.2, 0.25) is 5.91 Å². The fourth-order valence-corrected chi connectivity index (χ4v) is 2.33. The molecule has 0 saturated carbocycles. The lowest BCUT2D eigenvalue weighted by Gasteiger charge is -2.08. The maximum Gasteiger partial charge on any atom is 0.240 e. The van der Waals surface area contributed by atoms with E-state index in [1.165, 1.54) is 0 Å². The van der Waals surface area contributed by atoms with Gasteiger partial charge in [0.05, 0.1) is 7.11 Å². The van der Waals surface area contributed by atoms with Gasteiger partial charge in [-0.05, 0) is 36.3 Å². The first kappa shape index (κ1) is 16.2. The van der Waals surface area contributed by atoms with E-state index in [1.807, 2.05) is 24.3 Å². The quantitative estimate of drug-likeness (QED) is 0.767. The number of amides is 1. The molecule has 1 amide bonds. The number of rotatable bonds is 7. The molecule has 0 aliphatic carbocycles. The Kier molecular flexibility index (Phi) is 5.71. The first-order chi connectivity index (χ1) is 10.6. The van der Waals surface area contributed by atoms with Crippen molar-refractivity contribution < 1.29 is 9.53 Å². The Morgan fingerprint density at radius 2 is 2.32 bits per heavy atom. The predicted molar refractivity (Wildman–Crippen MR) is 86.2 cm³/mol. The van der Waals surface area contributed by atoms with Crippen LogP contribution in [0.3, 0.4) is 0 Å². The molecule has 0 aliphatic heterocycles. The van der Waals surface area contributed by atoms with Crippen LogP contribution in [-0.2, 0) is 24.3 Å². The molecule has 0 saturated heterocycles. The van der Waals surface area contributed by atoms with E-state index >= 15 is 0 Å². The summed E-state index contributed by atoms with van der Waals surface area (Å²) in [4.78, 5) is 12.1. The highest BCUT2D eigenvalue weighted by Crippen LogP contribution is 2.12. The zero-order valence-electron chi connectivity index (χ0n) is 12.8. The van der Waals surface area contributed by atoms with Crippen molar-refractivity contribution in [2.75, 3.05) is 7.11 Å². The maximum absolute atomic E-state index is 12.1. The molecule has 2 N–H and O–H groups in total. The number of aryl methyl sites for hydroxylation is 1. The largest absolute Gasteiger partial charge is 0.497 e. The third kappa shape index (κ3) is 4.17. The van der Waals surface area contributed by atoms with Crippen molar-refractivity contribution in [1.82, 2.24) is 20.1 Å². The van der Waals surface area contributed by atoms with Gasteiger partial charge in [-0.15, -0.1) is 0 Å². The van der Waals surface area contributed by atoms with Crippen LogP contribution in [0.4, 0.5) is 0 Å². The maximum atomic E-state index is 12.1. The van der Waals surface area contributed by atoms with E-state index in [0.29, 0.717) is 11.3 Å². The molecule has 2 aromatic rings. The molecular formula is C15H20N4O2S. The summed E-state index contributed by atoms with van der Waals surface area (Å²) in [7, 11) is 1.62. The van der Waals surface area contributed by atoms with Crippen LogP contribution in [0.1, 0.15) is 24.7 Å². The average Bonchev–Trinajstić information content (AvgIpc) is 2.87. The smallest absolute Gasteiger partial charge is 0.240 e. The zero-order chi connectivity index (χ0) is 15.9. The molecule has 7 heteroatoms. The molecule has 1 aromatic heterocycles. The van der Waals surface area contributed by atoms with Gasteiger partial charge in [-0.2, -0.15) is 5.10 Å². The summed E-state index contributed by atoms with van der Waals surface area (Å²) in [6.07, 6.45) is 1.74. The lowest BCUT2D eigenvalue weighted by molar-refractivity contribution is -0.121. The van der Waals surface area contributed by atoms with Gasteiger partial charge in [0.1, 0.15) is 18.1 Å². The second-order valence-corrected chi connectivity index (χ2v) is 5.30. The second-order valence-electron chi connectivity index (χ2n) is 4.91. The highest BCUT2D eigenvalue weighted by atomic mass is 32.1. The minimum Gasteiger partial charge on any atom is -0.497 e. The van der Waals surface area contributed by atoms with Crippen molar-refractivity contribution in [2.24, 2.45) is 0 Å². The predicted octanol–water partition coefficient (Wildman–Crippen LogP) is 2.22. The molecule has 6 nitrogen and oxygen atoms in total. The van der Waals surface area contributed by atoms with Crippen LogP contribution < -0.4 is 10.1 Å². The summed E-state index contributed by atoms with van der Waals surface area (Å²) in [6.45, 7) is 2.68. The molecule has 0 fully saturated rings. The Hall–Kier alpha value is -2.15. The van der Waals surface area contributed by atoms with Gasteiger partial charge in [0, 0.05) is 13.0 Å². The minimum absolute atomic E-state index is 0.0994. The van der Waals surface area contributed by atoms with Crippen LogP contribution in [-0.4, -0.2) is 27.8 Å². The topological polar surface area (TPSA) is 71.9 Å². The number of ether oxygens (including phenoxy) is 1. The van der Waals surface area contributed by atoms with Crippen molar-refractivity contribution in [3.05, 3.63) is 40.4 Å². The first-order valence-corrected chi connectivity index (χ1v) is 7.58. The summed E-state index contributed by atoms with van der Waals surface area (Å²) in [5.74, 6) is 1.48. The lowest BCUT2D eigenvalue weighted by Crippen LogP contribution is -2.27. The van der Waals surface area contributed by atoms with Crippen LogP contribution in [0.25, 0.3) is 0 Å². The Morgan fingerprint density at radius 1 is 1.50 bits per heavy atom. The van der Waals surface area contributed by atoms with E-state index in [0.717, 1.165) is 30.0 Å². The number of methoxy groups -OCH3 is 1. The number of hydrogen-bond donors (Lipinski definition) is 2. The third-order valence-corrected chi connectivity index (χ3v) is 3.55. The van der Waals surface area contributed by atoms with Crippen molar-refractivity contribution in [1.29, 1.82) is 0 Å². The number of H-pyrrole nitrogens is 1. The number of carbonyl (C=O) groups excluding carboxylic acids is 1. The highest BCUT2D eigenvalue weighted by Gasteiger charge is 2.09. The molecule has 118 valence electrons. The molecule has 0 bridgehead atoms. The fourth-order valence-electron chi connectivity index (χ4n) is 2.11. The molecule has 1 aromatic carbocycles. The standard InChI is InChI=1S/C15H20N4O2S/c1-3-5-13-17-18-15(22)19(13)10-14(20)16-9-11-6-4-7-12(8-11)21-2/h4,6-8H,3,5,9-10H2,1-2H3,(H,16,20)(H,18,22). The summed E-state index contributed by atoms with van der Waals surface area (Å²) >= 11 is 5.16. The third-order valence-electron chi connectivity index (χ3n) is 3.24. The molecule has 22 heavy (non-hydrogen) atoms. The number of nitrogens with zero attached hydrogens (tertiary/aromatic N) is 2. The molecule has 2 rings (SSSR count). The number of carbonyl (C=O) groups is 1.